The van der Waals surface area contributed by atoms with Gasteiger partial charge in [0.25, 0.3) is 11.8 Å². The van der Waals surface area contributed by atoms with E-state index in [9.17, 15) is 9.59 Å². The molecule has 2 heterocycles. The SMILES string of the molecule is Cc1nc(-c2ccccc2)ccc1C(=O)N1CCC(NC(=O)c2ccccc2)CC1. The predicted molar refractivity (Wildman–Crippen MR) is 117 cm³/mol. The zero-order valence-electron chi connectivity index (χ0n) is 17.0. The minimum atomic E-state index is -0.0584. The average Bonchev–Trinajstić information content (AvgIpc) is 2.80. The largest absolute Gasteiger partial charge is 0.349 e. The number of piperidine rings is 1. The van der Waals surface area contributed by atoms with Gasteiger partial charge in [-0.1, -0.05) is 48.5 Å². The standard InChI is InChI=1S/C25H25N3O2/c1-18-22(12-13-23(26-18)19-8-4-2-5-9-19)25(30)28-16-14-21(15-17-28)27-24(29)20-10-6-3-7-11-20/h2-13,21H,14-17H2,1H3,(H,27,29). The molecule has 5 heteroatoms. The first-order valence-electron chi connectivity index (χ1n) is 10.3. The lowest BCUT2D eigenvalue weighted by Crippen LogP contribution is -2.46. The molecule has 0 atom stereocenters. The normalized spacial score (nSPS) is 14.4. The lowest BCUT2D eigenvalue weighted by atomic mass is 10.0. The number of aromatic nitrogens is 1. The minimum Gasteiger partial charge on any atom is -0.349 e. The van der Waals surface area contributed by atoms with Crippen LogP contribution in [0.5, 0.6) is 0 Å². The molecule has 30 heavy (non-hydrogen) atoms. The van der Waals surface area contributed by atoms with Gasteiger partial charge in [0.15, 0.2) is 0 Å². The second-order valence-electron chi connectivity index (χ2n) is 7.60. The van der Waals surface area contributed by atoms with Crippen LogP contribution in [0.4, 0.5) is 0 Å². The molecule has 1 saturated heterocycles. The Hall–Kier alpha value is -3.47. The van der Waals surface area contributed by atoms with Crippen LogP contribution in [0, 0.1) is 6.92 Å². The second-order valence-corrected chi connectivity index (χ2v) is 7.60. The summed E-state index contributed by atoms with van der Waals surface area (Å²) < 4.78 is 0. The monoisotopic (exact) mass is 399 g/mol. The maximum Gasteiger partial charge on any atom is 0.255 e. The van der Waals surface area contributed by atoms with E-state index in [1.165, 1.54) is 0 Å². The number of nitrogens with one attached hydrogen (secondary N) is 1. The van der Waals surface area contributed by atoms with E-state index in [-0.39, 0.29) is 17.9 Å². The summed E-state index contributed by atoms with van der Waals surface area (Å²) in [6.07, 6.45) is 1.50. The maximum atomic E-state index is 13.0. The van der Waals surface area contributed by atoms with Gasteiger partial charge in [0.1, 0.15) is 0 Å². The van der Waals surface area contributed by atoms with Crippen LogP contribution >= 0.6 is 0 Å². The van der Waals surface area contributed by atoms with Gasteiger partial charge in [-0.3, -0.25) is 14.6 Å². The average molecular weight is 399 g/mol. The number of rotatable bonds is 4. The van der Waals surface area contributed by atoms with Crippen molar-refractivity contribution >= 4 is 11.8 Å². The van der Waals surface area contributed by atoms with E-state index in [1.54, 1.807) is 0 Å². The van der Waals surface area contributed by atoms with Gasteiger partial charge in [0.05, 0.1) is 17.0 Å². The summed E-state index contributed by atoms with van der Waals surface area (Å²) >= 11 is 0. The third-order valence-corrected chi connectivity index (χ3v) is 5.54. The number of likely N-dealkylation sites (tertiary alicyclic amines) is 1. The Morgan fingerprint density at radius 3 is 2.17 bits per heavy atom. The lowest BCUT2D eigenvalue weighted by molar-refractivity contribution is 0.0697. The molecule has 0 unspecified atom stereocenters. The topological polar surface area (TPSA) is 62.3 Å². The Balaban J connectivity index is 1.37. The lowest BCUT2D eigenvalue weighted by Gasteiger charge is -2.32. The number of nitrogens with zero attached hydrogens (tertiary/aromatic N) is 2. The van der Waals surface area contributed by atoms with E-state index in [4.69, 9.17) is 0 Å². The molecule has 152 valence electrons. The first-order chi connectivity index (χ1) is 14.6. The Morgan fingerprint density at radius 1 is 0.900 bits per heavy atom. The number of hydrogen-bond donors (Lipinski definition) is 1. The summed E-state index contributed by atoms with van der Waals surface area (Å²) in [5, 5.41) is 3.08. The van der Waals surface area contributed by atoms with Gasteiger partial charge in [-0.05, 0) is 44.0 Å². The zero-order valence-corrected chi connectivity index (χ0v) is 17.0. The fourth-order valence-corrected chi connectivity index (χ4v) is 3.81. The van der Waals surface area contributed by atoms with Gasteiger partial charge in [-0.25, -0.2) is 0 Å². The Labute approximate surface area is 176 Å². The third kappa shape index (κ3) is 4.40. The van der Waals surface area contributed by atoms with Crippen molar-refractivity contribution in [1.82, 2.24) is 15.2 Å². The summed E-state index contributed by atoms with van der Waals surface area (Å²) in [4.78, 5) is 31.9. The molecule has 0 aliphatic carbocycles. The van der Waals surface area contributed by atoms with Gasteiger partial charge in [0.2, 0.25) is 0 Å². The molecule has 1 aromatic heterocycles. The Kier molecular flexibility index (Phi) is 5.89. The molecule has 4 rings (SSSR count). The van der Waals surface area contributed by atoms with Crippen molar-refractivity contribution in [2.75, 3.05) is 13.1 Å². The van der Waals surface area contributed by atoms with Crippen LogP contribution in [0.25, 0.3) is 11.3 Å². The van der Waals surface area contributed by atoms with Crippen LogP contribution in [0.2, 0.25) is 0 Å². The molecule has 1 aliphatic rings. The molecule has 0 spiro atoms. The first kappa shape index (κ1) is 19.8. The summed E-state index contributed by atoms with van der Waals surface area (Å²) in [7, 11) is 0. The van der Waals surface area contributed by atoms with E-state index in [2.05, 4.69) is 10.3 Å². The van der Waals surface area contributed by atoms with Crippen molar-refractivity contribution in [3.63, 3.8) is 0 Å². The molecular weight excluding hydrogens is 374 g/mol. The number of benzene rings is 2. The number of aryl methyl sites for hydroxylation is 1. The van der Waals surface area contributed by atoms with Crippen LogP contribution in [-0.2, 0) is 0 Å². The molecule has 5 nitrogen and oxygen atoms in total. The van der Waals surface area contributed by atoms with Gasteiger partial charge >= 0.3 is 0 Å². The highest BCUT2D eigenvalue weighted by Crippen LogP contribution is 2.21. The third-order valence-electron chi connectivity index (χ3n) is 5.54. The summed E-state index contributed by atoms with van der Waals surface area (Å²) in [6, 6.07) is 23.0. The fraction of sp³-hybridized carbons (Fsp3) is 0.240. The van der Waals surface area contributed by atoms with Crippen molar-refractivity contribution in [1.29, 1.82) is 0 Å². The van der Waals surface area contributed by atoms with E-state index in [0.717, 1.165) is 29.8 Å². The molecule has 1 N–H and O–H groups in total. The van der Waals surface area contributed by atoms with E-state index < -0.39 is 0 Å². The van der Waals surface area contributed by atoms with Crippen molar-refractivity contribution in [3.8, 4) is 11.3 Å². The quantitative estimate of drug-likeness (QED) is 0.719. The zero-order chi connectivity index (χ0) is 20.9. The first-order valence-corrected chi connectivity index (χ1v) is 10.3. The number of carbonyl (C=O) groups is 2. The van der Waals surface area contributed by atoms with Gasteiger partial charge in [-0.15, -0.1) is 0 Å². The molecule has 0 saturated carbocycles. The van der Waals surface area contributed by atoms with Crippen molar-refractivity contribution in [2.24, 2.45) is 0 Å². The van der Waals surface area contributed by atoms with E-state index >= 15 is 0 Å². The number of pyridine rings is 1. The fourth-order valence-electron chi connectivity index (χ4n) is 3.81. The molecule has 1 fully saturated rings. The smallest absolute Gasteiger partial charge is 0.255 e. The highest BCUT2D eigenvalue weighted by atomic mass is 16.2. The van der Waals surface area contributed by atoms with Crippen molar-refractivity contribution < 1.29 is 9.59 Å². The summed E-state index contributed by atoms with van der Waals surface area (Å²) in [5.74, 6) is -0.0515. The van der Waals surface area contributed by atoms with Crippen LogP contribution < -0.4 is 5.32 Å². The number of amides is 2. The minimum absolute atomic E-state index is 0.00690. The molecule has 0 radical (unpaired) electrons. The maximum absolute atomic E-state index is 13.0. The van der Waals surface area contributed by atoms with Crippen LogP contribution in [0.1, 0.15) is 39.3 Å². The van der Waals surface area contributed by atoms with Crippen LogP contribution in [0.3, 0.4) is 0 Å². The van der Waals surface area contributed by atoms with E-state index in [1.807, 2.05) is 84.6 Å². The van der Waals surface area contributed by atoms with Gasteiger partial charge in [-0.2, -0.15) is 0 Å². The van der Waals surface area contributed by atoms with Gasteiger partial charge < -0.3 is 10.2 Å². The molecular formula is C25H25N3O2. The summed E-state index contributed by atoms with van der Waals surface area (Å²) in [6.45, 7) is 3.13. The molecule has 2 aromatic carbocycles. The molecule has 0 bridgehead atoms. The highest BCUT2D eigenvalue weighted by molar-refractivity contribution is 5.96. The number of hydrogen-bond acceptors (Lipinski definition) is 3. The number of carbonyl (C=O) groups excluding carboxylic acids is 2. The second kappa shape index (κ2) is 8.91. The Bertz CT molecular complexity index is 1030. The Morgan fingerprint density at radius 2 is 1.53 bits per heavy atom. The van der Waals surface area contributed by atoms with Crippen LogP contribution in [-0.4, -0.2) is 40.8 Å². The van der Waals surface area contributed by atoms with Crippen molar-refractivity contribution in [3.05, 3.63) is 89.6 Å². The predicted octanol–water partition coefficient (Wildman–Crippen LogP) is 4.09. The van der Waals surface area contributed by atoms with E-state index in [0.29, 0.717) is 24.2 Å². The summed E-state index contributed by atoms with van der Waals surface area (Å²) in [5.41, 5.74) is 3.94. The molecule has 2 amide bonds. The molecule has 1 aliphatic heterocycles. The van der Waals surface area contributed by atoms with Crippen LogP contribution in [0.15, 0.2) is 72.8 Å². The molecule has 3 aromatic rings. The van der Waals surface area contributed by atoms with Gasteiger partial charge in [0, 0.05) is 30.3 Å². The van der Waals surface area contributed by atoms with Crippen molar-refractivity contribution in [2.45, 2.75) is 25.8 Å². The highest BCUT2D eigenvalue weighted by Gasteiger charge is 2.26.